The normalized spacial score (nSPS) is 15.9. The summed E-state index contributed by atoms with van der Waals surface area (Å²) in [6.45, 7) is 6.25. The fraction of sp³-hybridized carbons (Fsp3) is 0.381. The summed E-state index contributed by atoms with van der Waals surface area (Å²) in [6, 6.07) is 15.1. The van der Waals surface area contributed by atoms with Gasteiger partial charge in [0.25, 0.3) is 0 Å². The van der Waals surface area contributed by atoms with E-state index in [0.717, 1.165) is 36.9 Å². The van der Waals surface area contributed by atoms with Gasteiger partial charge in [0, 0.05) is 23.3 Å². The zero-order valence-corrected chi connectivity index (χ0v) is 16.8. The summed E-state index contributed by atoms with van der Waals surface area (Å²) < 4.78 is 5.67. The standard InChI is InChI=1S/C21H26ClN3O3/c1-16(26)23-18-4-8-21(9-5-18)28-15-20(27)14-24-10-12-25(13-11-24)19-6-2-17(22)3-7-19/h2-9,20,27H,10-15H2,1H3,(H,23,26)/p+1/t20-/m0/s1. The molecule has 1 amide bonds. The van der Waals surface area contributed by atoms with Crippen LogP contribution in [0.2, 0.25) is 5.02 Å². The molecule has 0 aromatic heterocycles. The summed E-state index contributed by atoms with van der Waals surface area (Å²) in [6.07, 6.45) is -0.521. The van der Waals surface area contributed by atoms with Crippen LogP contribution in [0.3, 0.4) is 0 Å². The Kier molecular flexibility index (Phi) is 7.14. The zero-order valence-electron chi connectivity index (χ0n) is 16.0. The van der Waals surface area contributed by atoms with Gasteiger partial charge in [-0.15, -0.1) is 0 Å². The van der Waals surface area contributed by atoms with Gasteiger partial charge in [0.05, 0.1) is 26.2 Å². The highest BCUT2D eigenvalue weighted by Gasteiger charge is 2.22. The number of benzene rings is 2. The lowest BCUT2D eigenvalue weighted by atomic mass is 10.2. The van der Waals surface area contributed by atoms with Crippen LogP contribution in [0.1, 0.15) is 6.92 Å². The average molecular weight is 405 g/mol. The molecule has 0 saturated carbocycles. The Morgan fingerprint density at radius 3 is 2.43 bits per heavy atom. The number of carbonyl (C=O) groups is 1. The monoisotopic (exact) mass is 404 g/mol. The number of ether oxygens (including phenoxy) is 1. The van der Waals surface area contributed by atoms with Crippen LogP contribution in [0.25, 0.3) is 0 Å². The van der Waals surface area contributed by atoms with Gasteiger partial charge in [-0.3, -0.25) is 4.79 Å². The number of piperazine rings is 1. The maximum Gasteiger partial charge on any atom is 0.221 e. The molecule has 0 radical (unpaired) electrons. The topological polar surface area (TPSA) is 66.2 Å². The number of aliphatic hydroxyl groups excluding tert-OH is 1. The SMILES string of the molecule is CC(=O)Nc1ccc(OC[C@@H](O)C[NH+]2CCN(c3ccc(Cl)cc3)CC2)cc1. The minimum atomic E-state index is -0.521. The number of nitrogens with zero attached hydrogens (tertiary/aromatic N) is 1. The third-order valence-electron chi connectivity index (χ3n) is 4.80. The first kappa shape index (κ1) is 20.5. The highest BCUT2D eigenvalue weighted by atomic mass is 35.5. The largest absolute Gasteiger partial charge is 0.491 e. The third kappa shape index (κ3) is 6.12. The van der Waals surface area contributed by atoms with Crippen LogP contribution in [0, 0.1) is 0 Å². The van der Waals surface area contributed by atoms with Gasteiger partial charge >= 0.3 is 0 Å². The first-order chi connectivity index (χ1) is 13.5. The molecule has 1 aliphatic heterocycles. The molecular formula is C21H27ClN3O3+. The van der Waals surface area contributed by atoms with Crippen molar-refractivity contribution in [2.24, 2.45) is 0 Å². The molecule has 0 spiro atoms. The summed E-state index contributed by atoms with van der Waals surface area (Å²) in [5.41, 5.74) is 1.92. The number of nitrogens with one attached hydrogen (secondary N) is 2. The first-order valence-electron chi connectivity index (χ1n) is 9.52. The van der Waals surface area contributed by atoms with E-state index in [1.807, 2.05) is 24.3 Å². The Morgan fingerprint density at radius 1 is 1.18 bits per heavy atom. The maximum atomic E-state index is 11.0. The van der Waals surface area contributed by atoms with Crippen LogP contribution >= 0.6 is 11.6 Å². The number of rotatable bonds is 7. The second-order valence-corrected chi connectivity index (χ2v) is 7.52. The number of halogens is 1. The third-order valence-corrected chi connectivity index (χ3v) is 5.06. The zero-order chi connectivity index (χ0) is 19.9. The molecule has 1 aliphatic rings. The van der Waals surface area contributed by atoms with Crippen LogP contribution in [0.15, 0.2) is 48.5 Å². The van der Waals surface area contributed by atoms with Crippen molar-refractivity contribution in [3.8, 4) is 5.75 Å². The van der Waals surface area contributed by atoms with E-state index in [0.29, 0.717) is 12.3 Å². The molecule has 7 heteroatoms. The van der Waals surface area contributed by atoms with Gasteiger partial charge in [0.15, 0.2) is 0 Å². The molecular weight excluding hydrogens is 378 g/mol. The quantitative estimate of drug-likeness (QED) is 0.653. The summed E-state index contributed by atoms with van der Waals surface area (Å²) in [4.78, 5) is 14.8. The van der Waals surface area contributed by atoms with Crippen LogP contribution in [0.5, 0.6) is 5.75 Å². The smallest absolute Gasteiger partial charge is 0.221 e. The number of aliphatic hydroxyl groups is 1. The number of hydrogen-bond donors (Lipinski definition) is 3. The van der Waals surface area contributed by atoms with E-state index in [1.54, 1.807) is 24.3 Å². The van der Waals surface area contributed by atoms with Crippen molar-refractivity contribution in [2.45, 2.75) is 13.0 Å². The molecule has 1 atom stereocenters. The predicted octanol–water partition coefficient (Wildman–Crippen LogP) is 1.44. The lowest BCUT2D eigenvalue weighted by Gasteiger charge is -2.34. The number of anilines is 2. The predicted molar refractivity (Wildman–Crippen MR) is 111 cm³/mol. The fourth-order valence-electron chi connectivity index (χ4n) is 3.36. The van der Waals surface area contributed by atoms with Crippen LogP contribution in [-0.4, -0.2) is 56.4 Å². The van der Waals surface area contributed by atoms with E-state index in [2.05, 4.69) is 10.2 Å². The lowest BCUT2D eigenvalue weighted by molar-refractivity contribution is -0.903. The van der Waals surface area contributed by atoms with Gasteiger partial charge in [-0.1, -0.05) is 11.6 Å². The van der Waals surface area contributed by atoms with Crippen molar-refractivity contribution < 1.29 is 19.5 Å². The van der Waals surface area contributed by atoms with Gasteiger partial charge in [-0.25, -0.2) is 0 Å². The van der Waals surface area contributed by atoms with Crippen LogP contribution in [-0.2, 0) is 4.79 Å². The Hall–Kier alpha value is -2.28. The van der Waals surface area contributed by atoms with Gasteiger partial charge < -0.3 is 25.0 Å². The maximum absolute atomic E-state index is 11.0. The lowest BCUT2D eigenvalue weighted by Crippen LogP contribution is -3.16. The minimum Gasteiger partial charge on any atom is -0.491 e. The van der Waals surface area contributed by atoms with Crippen molar-refractivity contribution in [1.82, 2.24) is 0 Å². The first-order valence-corrected chi connectivity index (χ1v) is 9.90. The second-order valence-electron chi connectivity index (χ2n) is 7.09. The number of carbonyl (C=O) groups excluding carboxylic acids is 1. The van der Waals surface area contributed by atoms with Crippen molar-refractivity contribution in [1.29, 1.82) is 0 Å². The van der Waals surface area contributed by atoms with Crippen LogP contribution < -0.4 is 19.9 Å². The molecule has 6 nitrogen and oxygen atoms in total. The summed E-state index contributed by atoms with van der Waals surface area (Å²) in [5.74, 6) is 0.568. The van der Waals surface area contributed by atoms with Crippen molar-refractivity contribution in [3.05, 3.63) is 53.6 Å². The molecule has 3 rings (SSSR count). The van der Waals surface area contributed by atoms with Gasteiger partial charge in [-0.05, 0) is 48.5 Å². The number of quaternary nitrogens is 1. The second kappa shape index (κ2) is 9.78. The van der Waals surface area contributed by atoms with Crippen LogP contribution in [0.4, 0.5) is 11.4 Å². The molecule has 1 saturated heterocycles. The molecule has 3 N–H and O–H groups in total. The Balaban J connectivity index is 1.39. The highest BCUT2D eigenvalue weighted by Crippen LogP contribution is 2.18. The van der Waals surface area contributed by atoms with E-state index in [-0.39, 0.29) is 12.5 Å². The van der Waals surface area contributed by atoms with E-state index in [4.69, 9.17) is 16.3 Å². The molecule has 2 aromatic rings. The Morgan fingerprint density at radius 2 is 1.82 bits per heavy atom. The molecule has 0 bridgehead atoms. The molecule has 0 unspecified atom stereocenters. The summed E-state index contributed by atoms with van der Waals surface area (Å²) in [7, 11) is 0. The van der Waals surface area contributed by atoms with Crippen molar-refractivity contribution >= 4 is 28.9 Å². The summed E-state index contributed by atoms with van der Waals surface area (Å²) >= 11 is 5.95. The molecule has 2 aromatic carbocycles. The van der Waals surface area contributed by atoms with E-state index in [9.17, 15) is 9.90 Å². The molecule has 0 aliphatic carbocycles. The Bertz CT molecular complexity index is 759. The molecule has 150 valence electrons. The van der Waals surface area contributed by atoms with Gasteiger partial charge in [0.2, 0.25) is 5.91 Å². The van der Waals surface area contributed by atoms with E-state index >= 15 is 0 Å². The highest BCUT2D eigenvalue weighted by molar-refractivity contribution is 6.30. The van der Waals surface area contributed by atoms with Crippen molar-refractivity contribution in [2.75, 3.05) is 49.5 Å². The molecule has 1 fully saturated rings. The number of amides is 1. The minimum absolute atomic E-state index is 0.108. The van der Waals surface area contributed by atoms with E-state index < -0.39 is 6.10 Å². The van der Waals surface area contributed by atoms with Crippen molar-refractivity contribution in [3.63, 3.8) is 0 Å². The van der Waals surface area contributed by atoms with Gasteiger partial charge in [-0.2, -0.15) is 0 Å². The number of hydrogen-bond acceptors (Lipinski definition) is 4. The molecule has 28 heavy (non-hydrogen) atoms. The van der Waals surface area contributed by atoms with E-state index in [1.165, 1.54) is 17.5 Å². The average Bonchev–Trinajstić information content (AvgIpc) is 2.68. The molecule has 1 heterocycles. The summed E-state index contributed by atoms with van der Waals surface area (Å²) in [5, 5.41) is 13.8. The fourth-order valence-corrected chi connectivity index (χ4v) is 3.49. The van der Waals surface area contributed by atoms with Gasteiger partial charge in [0.1, 0.15) is 25.0 Å². The Labute approximate surface area is 170 Å².